The van der Waals surface area contributed by atoms with Crippen molar-refractivity contribution in [3.63, 3.8) is 0 Å². The minimum atomic E-state index is -3.58. The molecule has 0 unspecified atom stereocenters. The fourth-order valence-electron chi connectivity index (χ4n) is 5.48. The number of likely N-dealkylation sites (N-methyl/N-ethyl adjacent to an activating group) is 1. The molecule has 3 aromatic carbocycles. The number of carbonyl (C=O) groups is 1. The lowest BCUT2D eigenvalue weighted by Crippen LogP contribution is -2.49. The maximum absolute atomic E-state index is 13.2. The molecule has 1 heterocycles. The van der Waals surface area contributed by atoms with Gasteiger partial charge in [-0.15, -0.1) is 12.4 Å². The maximum Gasteiger partial charge on any atom is 0.410 e. The van der Waals surface area contributed by atoms with Crippen molar-refractivity contribution in [1.29, 1.82) is 0 Å². The molecule has 1 atom stereocenters. The van der Waals surface area contributed by atoms with Gasteiger partial charge in [0.05, 0.1) is 11.5 Å². The van der Waals surface area contributed by atoms with Gasteiger partial charge < -0.3 is 19.3 Å². The van der Waals surface area contributed by atoms with Crippen molar-refractivity contribution in [1.82, 2.24) is 14.1 Å². The average Bonchev–Trinajstić information content (AvgIpc) is 3.04. The molecule has 0 saturated carbocycles. The van der Waals surface area contributed by atoms with Crippen molar-refractivity contribution >= 4 is 28.5 Å². The third kappa shape index (κ3) is 10.0. The summed E-state index contributed by atoms with van der Waals surface area (Å²) in [6.45, 7) is 4.17. The van der Waals surface area contributed by atoms with Crippen LogP contribution in [0.5, 0.6) is 0 Å². The van der Waals surface area contributed by atoms with Crippen molar-refractivity contribution in [3.8, 4) is 0 Å². The zero-order valence-electron chi connectivity index (χ0n) is 25.1. The molecule has 0 aliphatic carbocycles. The number of sulfonamides is 1. The van der Waals surface area contributed by atoms with Crippen molar-refractivity contribution in [2.24, 2.45) is 0 Å². The minimum absolute atomic E-state index is 0. The van der Waals surface area contributed by atoms with Crippen LogP contribution in [0, 0.1) is 0 Å². The molecule has 8 nitrogen and oxygen atoms in total. The molecule has 43 heavy (non-hydrogen) atoms. The second-order valence-electron chi connectivity index (χ2n) is 10.8. The summed E-state index contributed by atoms with van der Waals surface area (Å²) >= 11 is 0. The Morgan fingerprint density at radius 1 is 0.930 bits per heavy atom. The Morgan fingerprint density at radius 3 is 2.12 bits per heavy atom. The number of carbonyl (C=O) groups excluding carboxylic acids is 1. The molecule has 10 heteroatoms. The molecule has 1 aliphatic heterocycles. The molecular formula is C33H44ClN3O5S. The molecule has 1 amide bonds. The number of rotatable bonds is 14. The normalized spacial score (nSPS) is 15.0. The highest BCUT2D eigenvalue weighted by Gasteiger charge is 2.30. The van der Waals surface area contributed by atoms with E-state index >= 15 is 0 Å². The Labute approximate surface area is 263 Å². The van der Waals surface area contributed by atoms with Gasteiger partial charge in [-0.3, -0.25) is 0 Å². The third-order valence-corrected chi connectivity index (χ3v) is 9.81. The predicted molar refractivity (Wildman–Crippen MR) is 172 cm³/mol. The quantitative estimate of drug-likeness (QED) is 0.229. The average molecular weight is 630 g/mol. The highest BCUT2D eigenvalue weighted by Crippen LogP contribution is 2.26. The van der Waals surface area contributed by atoms with Gasteiger partial charge in [0.1, 0.15) is 6.61 Å². The lowest BCUT2D eigenvalue weighted by atomic mass is 9.94. The van der Waals surface area contributed by atoms with Crippen LogP contribution in [0.1, 0.15) is 36.3 Å². The van der Waals surface area contributed by atoms with Gasteiger partial charge in [-0.1, -0.05) is 78.9 Å². The van der Waals surface area contributed by atoms with Crippen LogP contribution in [0.25, 0.3) is 0 Å². The number of ether oxygens (including phenoxy) is 2. The van der Waals surface area contributed by atoms with Crippen molar-refractivity contribution < 1.29 is 22.7 Å². The van der Waals surface area contributed by atoms with Crippen LogP contribution in [0.4, 0.5) is 4.79 Å². The topological polar surface area (TPSA) is 79.4 Å². The number of benzene rings is 3. The predicted octanol–water partition coefficient (Wildman–Crippen LogP) is 5.65. The van der Waals surface area contributed by atoms with Crippen LogP contribution in [-0.4, -0.2) is 88.1 Å². The Balaban J connectivity index is 0.00000506. The number of nitrogens with zero attached hydrogens (tertiary/aromatic N) is 3. The SMILES string of the molecule is COCCN(C(=O)OCc1ccccc1)C1CCN(CC[C@@H](CN(C)S(=O)(=O)c2ccccc2)c2ccccc2)CC1.Cl. The fourth-order valence-corrected chi connectivity index (χ4v) is 6.71. The molecule has 4 rings (SSSR count). The first-order valence-corrected chi connectivity index (χ1v) is 16.1. The van der Waals surface area contributed by atoms with Crippen LogP contribution in [0.3, 0.4) is 0 Å². The maximum atomic E-state index is 13.2. The van der Waals surface area contributed by atoms with E-state index in [1.807, 2.05) is 59.5 Å². The van der Waals surface area contributed by atoms with Gasteiger partial charge in [-0.05, 0) is 55.0 Å². The number of amides is 1. The molecule has 234 valence electrons. The number of halogens is 1. The summed E-state index contributed by atoms with van der Waals surface area (Å²) in [5.74, 6) is 0.0542. The van der Waals surface area contributed by atoms with E-state index in [4.69, 9.17) is 9.47 Å². The first kappa shape index (κ1) is 34.5. The highest BCUT2D eigenvalue weighted by molar-refractivity contribution is 7.89. The van der Waals surface area contributed by atoms with Crippen molar-refractivity contribution in [3.05, 3.63) is 102 Å². The Bertz CT molecular complexity index is 1320. The summed E-state index contributed by atoms with van der Waals surface area (Å²) in [6.07, 6.45) is 2.22. The van der Waals surface area contributed by atoms with Gasteiger partial charge in [0.25, 0.3) is 0 Å². The van der Waals surface area contributed by atoms with Gasteiger partial charge in [-0.25, -0.2) is 17.5 Å². The highest BCUT2D eigenvalue weighted by atomic mass is 35.5. The van der Waals surface area contributed by atoms with Gasteiger partial charge in [0.2, 0.25) is 10.0 Å². The zero-order chi connectivity index (χ0) is 29.8. The van der Waals surface area contributed by atoms with Crippen LogP contribution < -0.4 is 0 Å². The summed E-state index contributed by atoms with van der Waals surface area (Å²) in [5.41, 5.74) is 2.09. The number of piperidine rings is 1. The third-order valence-electron chi connectivity index (χ3n) is 7.97. The molecule has 0 bridgehead atoms. The van der Waals surface area contributed by atoms with Crippen LogP contribution in [0.2, 0.25) is 0 Å². The Kier molecular flexibility index (Phi) is 14.0. The lowest BCUT2D eigenvalue weighted by molar-refractivity contribution is 0.0470. The molecule has 1 aliphatic rings. The Hall–Kier alpha value is -2.95. The molecule has 0 N–H and O–H groups in total. The molecule has 0 aromatic heterocycles. The van der Waals surface area contributed by atoms with E-state index in [9.17, 15) is 13.2 Å². The summed E-state index contributed by atoms with van der Waals surface area (Å²) in [5, 5.41) is 0. The second kappa shape index (κ2) is 17.4. The van der Waals surface area contributed by atoms with E-state index in [2.05, 4.69) is 17.0 Å². The summed E-state index contributed by atoms with van der Waals surface area (Å²) in [4.78, 5) is 17.6. The van der Waals surface area contributed by atoms with Gasteiger partial charge in [-0.2, -0.15) is 0 Å². The van der Waals surface area contributed by atoms with Crippen LogP contribution in [0.15, 0.2) is 95.9 Å². The summed E-state index contributed by atoms with van der Waals surface area (Å²) in [6, 6.07) is 28.5. The van der Waals surface area contributed by atoms with E-state index in [1.165, 1.54) is 4.31 Å². The number of hydrogen-bond acceptors (Lipinski definition) is 6. The van der Waals surface area contributed by atoms with Crippen LogP contribution in [-0.2, 0) is 26.1 Å². The summed E-state index contributed by atoms with van der Waals surface area (Å²) in [7, 11) is -0.278. The smallest absolute Gasteiger partial charge is 0.410 e. The molecular weight excluding hydrogens is 586 g/mol. The second-order valence-corrected chi connectivity index (χ2v) is 12.8. The van der Waals surface area contributed by atoms with E-state index < -0.39 is 10.0 Å². The van der Waals surface area contributed by atoms with Crippen molar-refractivity contribution in [2.75, 3.05) is 53.5 Å². The molecule has 0 spiro atoms. The van der Waals surface area contributed by atoms with Crippen molar-refractivity contribution in [2.45, 2.75) is 42.7 Å². The standard InChI is InChI=1S/C33H43N3O5S.ClH/c1-34(42(38,39)32-16-10-5-11-17-32)26-30(29-14-8-4-9-15-29)18-21-35-22-19-31(20-23-35)36(24-25-40-2)33(37)41-27-28-12-6-3-7-13-28;/h3-17,30-31H,18-27H2,1-2H3;1H/t30-;/m0./s1. The summed E-state index contributed by atoms with van der Waals surface area (Å²) < 4.78 is 38.9. The molecule has 1 fully saturated rings. The molecule has 0 radical (unpaired) electrons. The van der Waals surface area contributed by atoms with Crippen LogP contribution >= 0.6 is 12.4 Å². The first-order chi connectivity index (χ1) is 20.4. The van der Waals surface area contributed by atoms with E-state index in [1.54, 1.807) is 38.4 Å². The van der Waals surface area contributed by atoms with Gasteiger partial charge in [0.15, 0.2) is 0 Å². The number of hydrogen-bond donors (Lipinski definition) is 0. The van der Waals surface area contributed by atoms with E-state index in [-0.39, 0.29) is 37.1 Å². The number of methoxy groups -OCH3 is 1. The largest absolute Gasteiger partial charge is 0.445 e. The molecule has 3 aromatic rings. The zero-order valence-corrected chi connectivity index (χ0v) is 26.7. The first-order valence-electron chi connectivity index (χ1n) is 14.6. The lowest BCUT2D eigenvalue weighted by Gasteiger charge is -2.38. The van der Waals surface area contributed by atoms with E-state index in [0.29, 0.717) is 24.6 Å². The molecule has 1 saturated heterocycles. The van der Waals surface area contributed by atoms with E-state index in [0.717, 1.165) is 50.0 Å². The monoisotopic (exact) mass is 629 g/mol. The van der Waals surface area contributed by atoms with Gasteiger partial charge >= 0.3 is 6.09 Å². The Morgan fingerprint density at radius 2 is 1.51 bits per heavy atom. The van der Waals surface area contributed by atoms with Gasteiger partial charge in [0, 0.05) is 46.4 Å². The fraction of sp³-hybridized carbons (Fsp3) is 0.424. The minimum Gasteiger partial charge on any atom is -0.445 e. The number of likely N-dealkylation sites (tertiary alicyclic amines) is 1.